The number of nitrogens with one attached hydrogen (secondary N) is 3. The lowest BCUT2D eigenvalue weighted by Crippen LogP contribution is -1.95. The van der Waals surface area contributed by atoms with Crippen molar-refractivity contribution >= 4 is 33.9 Å². The zero-order valence-corrected chi connectivity index (χ0v) is 14.0. The summed E-state index contributed by atoms with van der Waals surface area (Å²) in [5, 5.41) is 26.3. The number of pyridine rings is 1. The van der Waals surface area contributed by atoms with E-state index in [-0.39, 0.29) is 11.4 Å². The van der Waals surface area contributed by atoms with E-state index in [4.69, 9.17) is 11.6 Å². The number of aromatic amines is 2. The van der Waals surface area contributed by atoms with Gasteiger partial charge in [0.15, 0.2) is 0 Å². The number of H-pyrrole nitrogens is 2. The number of nitriles is 1. The number of para-hydroxylation sites is 1. The van der Waals surface area contributed by atoms with Gasteiger partial charge in [-0.1, -0.05) is 29.8 Å². The molecule has 0 aliphatic rings. The van der Waals surface area contributed by atoms with Crippen molar-refractivity contribution in [1.82, 2.24) is 30.6 Å². The number of fused-ring (bicyclic) bond motifs is 1. The lowest BCUT2D eigenvalue weighted by molar-refractivity contribution is 0.881. The zero-order chi connectivity index (χ0) is 17.9. The highest BCUT2D eigenvalue weighted by molar-refractivity contribution is 6.29. The smallest absolute Gasteiger partial charge is 0.216 e. The molecule has 0 amide bonds. The molecule has 9 heteroatoms. The fourth-order valence-corrected chi connectivity index (χ4v) is 2.70. The average molecular weight is 363 g/mol. The van der Waals surface area contributed by atoms with Gasteiger partial charge in [-0.15, -0.1) is 10.2 Å². The molecule has 0 spiro atoms. The molecule has 3 heterocycles. The van der Waals surface area contributed by atoms with E-state index in [1.54, 1.807) is 12.3 Å². The Hall–Kier alpha value is -3.70. The van der Waals surface area contributed by atoms with Gasteiger partial charge in [-0.05, 0) is 29.5 Å². The molecule has 1 aromatic carbocycles. The van der Waals surface area contributed by atoms with Gasteiger partial charge in [0.2, 0.25) is 5.82 Å². The second kappa shape index (κ2) is 6.66. The Morgan fingerprint density at radius 2 is 2.12 bits per heavy atom. The molecule has 3 N–H and O–H groups in total. The first-order valence-electron chi connectivity index (χ1n) is 7.60. The third kappa shape index (κ3) is 2.99. The predicted octanol–water partition coefficient (Wildman–Crippen LogP) is 3.37. The Balaban J connectivity index is 1.71. The standard InChI is InChI=1S/C17H11ClN8/c18-16-6-5-13-15(22-16)7-14(21-13)11-3-1-2-4-12(11)20-9-10(8-19)17-23-25-26-24-17/h1-7,9,20-21H,(H,23,24,25,26). The van der Waals surface area contributed by atoms with Gasteiger partial charge < -0.3 is 10.3 Å². The van der Waals surface area contributed by atoms with Gasteiger partial charge in [0.05, 0.1) is 16.7 Å². The number of benzene rings is 1. The van der Waals surface area contributed by atoms with E-state index in [1.807, 2.05) is 42.5 Å². The van der Waals surface area contributed by atoms with Gasteiger partial charge in [-0.3, -0.25) is 0 Å². The topological polar surface area (TPSA) is 119 Å². The second-order valence-corrected chi connectivity index (χ2v) is 5.73. The highest BCUT2D eigenvalue weighted by atomic mass is 35.5. The lowest BCUT2D eigenvalue weighted by atomic mass is 10.1. The Bertz CT molecular complexity index is 1140. The van der Waals surface area contributed by atoms with Crippen LogP contribution < -0.4 is 5.32 Å². The fraction of sp³-hybridized carbons (Fsp3) is 0. The molecule has 0 radical (unpaired) electrons. The number of rotatable bonds is 4. The van der Waals surface area contributed by atoms with Gasteiger partial charge in [0.25, 0.3) is 0 Å². The molecule has 4 rings (SSSR count). The van der Waals surface area contributed by atoms with Crippen molar-refractivity contribution < 1.29 is 0 Å². The SMILES string of the molecule is N#CC(=CNc1ccccc1-c1cc2nc(Cl)ccc2[nH]1)c1nn[nH]n1. The van der Waals surface area contributed by atoms with Crippen molar-refractivity contribution in [2.75, 3.05) is 5.32 Å². The van der Waals surface area contributed by atoms with Crippen molar-refractivity contribution in [3.05, 3.63) is 59.6 Å². The number of aromatic nitrogens is 6. The molecule has 0 saturated heterocycles. The lowest BCUT2D eigenvalue weighted by Gasteiger charge is -2.07. The molecule has 26 heavy (non-hydrogen) atoms. The first kappa shape index (κ1) is 15.8. The minimum Gasteiger partial charge on any atom is -0.360 e. The van der Waals surface area contributed by atoms with Crippen molar-refractivity contribution in [3.63, 3.8) is 0 Å². The van der Waals surface area contributed by atoms with Crippen LogP contribution in [-0.2, 0) is 0 Å². The summed E-state index contributed by atoms with van der Waals surface area (Å²) in [7, 11) is 0. The molecule has 0 atom stereocenters. The van der Waals surface area contributed by atoms with E-state index in [0.717, 1.165) is 28.0 Å². The molecule has 0 unspecified atom stereocenters. The highest BCUT2D eigenvalue weighted by Gasteiger charge is 2.10. The Morgan fingerprint density at radius 3 is 2.92 bits per heavy atom. The zero-order valence-electron chi connectivity index (χ0n) is 13.2. The number of tetrazole rings is 1. The van der Waals surface area contributed by atoms with Crippen LogP contribution in [0.4, 0.5) is 5.69 Å². The van der Waals surface area contributed by atoms with Crippen LogP contribution in [0.3, 0.4) is 0 Å². The van der Waals surface area contributed by atoms with Crippen LogP contribution in [0.2, 0.25) is 5.15 Å². The van der Waals surface area contributed by atoms with E-state index < -0.39 is 0 Å². The summed E-state index contributed by atoms with van der Waals surface area (Å²) in [5.41, 5.74) is 4.54. The predicted molar refractivity (Wildman–Crippen MR) is 97.9 cm³/mol. The molecule has 4 aromatic rings. The van der Waals surface area contributed by atoms with E-state index in [2.05, 4.69) is 35.9 Å². The summed E-state index contributed by atoms with van der Waals surface area (Å²) in [6.07, 6.45) is 1.54. The van der Waals surface area contributed by atoms with Gasteiger partial charge in [-0.2, -0.15) is 10.5 Å². The summed E-state index contributed by atoms with van der Waals surface area (Å²) in [4.78, 5) is 7.63. The van der Waals surface area contributed by atoms with Crippen molar-refractivity contribution in [2.24, 2.45) is 0 Å². The maximum absolute atomic E-state index is 9.28. The summed E-state index contributed by atoms with van der Waals surface area (Å²) >= 11 is 5.96. The quantitative estimate of drug-likeness (QED) is 0.378. The Morgan fingerprint density at radius 1 is 1.23 bits per heavy atom. The van der Waals surface area contributed by atoms with Gasteiger partial charge in [-0.25, -0.2) is 4.98 Å². The van der Waals surface area contributed by atoms with Crippen molar-refractivity contribution in [1.29, 1.82) is 5.26 Å². The number of hydrogen-bond donors (Lipinski definition) is 3. The largest absolute Gasteiger partial charge is 0.360 e. The minimum atomic E-state index is 0.224. The Labute approximate surface area is 152 Å². The maximum Gasteiger partial charge on any atom is 0.216 e. The van der Waals surface area contributed by atoms with Gasteiger partial charge in [0, 0.05) is 17.5 Å². The van der Waals surface area contributed by atoms with Crippen LogP contribution in [0.1, 0.15) is 5.82 Å². The van der Waals surface area contributed by atoms with Crippen LogP contribution >= 0.6 is 11.6 Å². The highest BCUT2D eigenvalue weighted by Crippen LogP contribution is 2.30. The summed E-state index contributed by atoms with van der Waals surface area (Å²) in [5.74, 6) is 0.224. The van der Waals surface area contributed by atoms with Crippen LogP contribution in [0.25, 0.3) is 27.9 Å². The molecule has 0 aliphatic heterocycles. The molecule has 8 nitrogen and oxygen atoms in total. The third-order valence-electron chi connectivity index (χ3n) is 3.74. The van der Waals surface area contributed by atoms with Gasteiger partial charge in [0.1, 0.15) is 16.8 Å². The molecule has 0 fully saturated rings. The van der Waals surface area contributed by atoms with Crippen LogP contribution in [0, 0.1) is 11.3 Å². The third-order valence-corrected chi connectivity index (χ3v) is 3.95. The number of hydrogen-bond acceptors (Lipinski definition) is 6. The molecule has 3 aromatic heterocycles. The molecule has 0 aliphatic carbocycles. The summed E-state index contributed by atoms with van der Waals surface area (Å²) in [6, 6.07) is 15.3. The van der Waals surface area contributed by atoms with Gasteiger partial charge >= 0.3 is 0 Å². The molecular weight excluding hydrogens is 352 g/mol. The molecule has 0 saturated carbocycles. The number of halogens is 1. The van der Waals surface area contributed by atoms with Crippen LogP contribution in [-0.4, -0.2) is 30.6 Å². The Kier molecular flexibility index (Phi) is 4.05. The second-order valence-electron chi connectivity index (χ2n) is 5.34. The van der Waals surface area contributed by atoms with E-state index in [1.165, 1.54) is 0 Å². The maximum atomic E-state index is 9.28. The van der Waals surface area contributed by atoms with Crippen LogP contribution in [0.15, 0.2) is 48.7 Å². The monoisotopic (exact) mass is 362 g/mol. The number of nitrogens with zero attached hydrogens (tertiary/aromatic N) is 5. The minimum absolute atomic E-state index is 0.224. The number of allylic oxidation sites excluding steroid dienone is 1. The van der Waals surface area contributed by atoms with E-state index in [0.29, 0.717) is 5.15 Å². The van der Waals surface area contributed by atoms with Crippen molar-refractivity contribution in [2.45, 2.75) is 0 Å². The number of anilines is 1. The molecule has 126 valence electrons. The van der Waals surface area contributed by atoms with E-state index in [9.17, 15) is 5.26 Å². The summed E-state index contributed by atoms with van der Waals surface area (Å²) < 4.78 is 0. The first-order chi connectivity index (χ1) is 12.7. The molecular formula is C17H11ClN8. The summed E-state index contributed by atoms with van der Waals surface area (Å²) in [6.45, 7) is 0. The van der Waals surface area contributed by atoms with E-state index >= 15 is 0 Å². The van der Waals surface area contributed by atoms with Crippen LogP contribution in [0.5, 0.6) is 0 Å². The fourth-order valence-electron chi connectivity index (χ4n) is 2.55. The average Bonchev–Trinajstić information content (AvgIpc) is 3.32. The van der Waals surface area contributed by atoms with Crippen molar-refractivity contribution in [3.8, 4) is 17.3 Å². The first-order valence-corrected chi connectivity index (χ1v) is 7.97. The normalized spacial score (nSPS) is 11.5. The molecule has 0 bridgehead atoms.